The highest BCUT2D eigenvalue weighted by Crippen LogP contribution is 2.54. The van der Waals surface area contributed by atoms with Crippen molar-refractivity contribution in [3.63, 3.8) is 0 Å². The Labute approximate surface area is 659 Å². The molecule has 0 radical (unpaired) electrons. The van der Waals surface area contributed by atoms with Gasteiger partial charge in [0, 0.05) is 22.3 Å². The fraction of sp³-hybridized carbons (Fsp3) is 0.340. The molecule has 2 atom stereocenters. The van der Waals surface area contributed by atoms with E-state index < -0.39 is 12.1 Å². The van der Waals surface area contributed by atoms with Gasteiger partial charge in [-0.25, -0.2) is 49.9 Å². The molecule has 4 aliphatic rings. The number of nitrogens with zero attached hydrogens (tertiary/aromatic N) is 10. The van der Waals surface area contributed by atoms with Gasteiger partial charge < -0.3 is 4.98 Å². The molecule has 8 aromatic carbocycles. The van der Waals surface area contributed by atoms with Crippen LogP contribution < -0.4 is 16.0 Å². The molecule has 13 aromatic rings. The number of H-pyrrole nitrogens is 1. The van der Waals surface area contributed by atoms with Crippen LogP contribution in [0.3, 0.4) is 0 Å². The predicted octanol–water partition coefficient (Wildman–Crippen LogP) is 21.9. The zero-order valence-electron chi connectivity index (χ0n) is 69.8. The lowest BCUT2D eigenvalue weighted by Crippen LogP contribution is -2.25. The van der Waals surface area contributed by atoms with Gasteiger partial charge in [0.05, 0.1) is 89.7 Å². The molecular weight excluding hydrogens is 1370 g/mol. The first kappa shape index (κ1) is 74.0. The minimum atomic E-state index is -0.726. The molecule has 17 rings (SSSR count). The number of hydrogen-bond donors (Lipinski definition) is 2. The number of aliphatic imine (C=N–C) groups is 2. The summed E-state index contributed by atoms with van der Waals surface area (Å²) in [6, 6.07) is 60.4. The van der Waals surface area contributed by atoms with Crippen molar-refractivity contribution in [1.82, 2.24) is 50.2 Å². The molecule has 564 valence electrons. The van der Waals surface area contributed by atoms with Crippen LogP contribution in [0.5, 0.6) is 0 Å². The Kier molecular flexibility index (Phi) is 16.7. The van der Waals surface area contributed by atoms with Crippen molar-refractivity contribution in [2.24, 2.45) is 9.98 Å². The minimum absolute atomic E-state index is 0.298. The Hall–Kier alpha value is -10.8. The maximum atomic E-state index is 6.48. The van der Waals surface area contributed by atoms with E-state index in [9.17, 15) is 0 Å². The fourth-order valence-corrected chi connectivity index (χ4v) is 16.2. The van der Waals surface area contributed by atoms with Crippen LogP contribution in [0.4, 0.5) is 0 Å². The molecule has 12 nitrogen and oxygen atoms in total. The van der Waals surface area contributed by atoms with E-state index >= 15 is 0 Å². The number of benzene rings is 8. The van der Waals surface area contributed by atoms with Crippen molar-refractivity contribution in [2.75, 3.05) is 0 Å². The predicted molar refractivity (Wildman–Crippen MR) is 465 cm³/mol. The molecule has 0 fully saturated rings. The molecule has 3 aliphatic heterocycles. The summed E-state index contributed by atoms with van der Waals surface area (Å²) in [5, 5.41) is 5.98. The molecule has 0 saturated carbocycles. The molecule has 2 unspecified atom stereocenters. The lowest BCUT2D eigenvalue weighted by molar-refractivity contribution is 0.567. The van der Waals surface area contributed by atoms with Crippen LogP contribution >= 0.6 is 0 Å². The number of nitrogens with one attached hydrogen (secondary N) is 2. The largest absolute Gasteiger partial charge is 0.351 e. The zero-order valence-corrected chi connectivity index (χ0v) is 69.8. The maximum absolute atomic E-state index is 6.48. The van der Waals surface area contributed by atoms with Gasteiger partial charge in [-0.3, -0.25) is 5.32 Å². The third-order valence-corrected chi connectivity index (χ3v) is 23.2. The molecule has 1 aliphatic carbocycles. The smallest absolute Gasteiger partial charge is 0.118 e. The average molecular weight is 1470 g/mol. The lowest BCUT2D eigenvalue weighted by Gasteiger charge is -2.29. The fourth-order valence-electron chi connectivity index (χ4n) is 16.2. The van der Waals surface area contributed by atoms with Gasteiger partial charge in [0.15, 0.2) is 0 Å². The monoisotopic (exact) mass is 1470 g/mol. The van der Waals surface area contributed by atoms with E-state index in [0.29, 0.717) is 67.3 Å². The van der Waals surface area contributed by atoms with E-state index in [1.807, 2.05) is 0 Å². The lowest BCUT2D eigenvalue weighted by atomic mass is 9.78. The van der Waals surface area contributed by atoms with Gasteiger partial charge in [-0.05, 0) is 159 Å². The van der Waals surface area contributed by atoms with Crippen LogP contribution in [0, 0.1) is 0 Å². The third-order valence-electron chi connectivity index (χ3n) is 23.2. The van der Waals surface area contributed by atoms with Crippen molar-refractivity contribution in [3.8, 4) is 0 Å². The highest BCUT2D eigenvalue weighted by molar-refractivity contribution is 6.38. The maximum Gasteiger partial charge on any atom is 0.118 e. The molecule has 2 N–H and O–H groups in total. The normalized spacial score (nSPS) is 18.8. The first-order valence-electron chi connectivity index (χ1n) is 39.9. The quantitative estimate of drug-likeness (QED) is 0.175. The number of aromatic amines is 1. The number of rotatable bonds is 4. The van der Waals surface area contributed by atoms with Crippen molar-refractivity contribution in [2.45, 2.75) is 222 Å². The number of para-hydroxylation sites is 8. The van der Waals surface area contributed by atoms with Gasteiger partial charge in [-0.15, -0.1) is 0 Å². The second kappa shape index (κ2) is 25.3. The van der Waals surface area contributed by atoms with Crippen LogP contribution in [0.25, 0.3) is 88.9 Å². The van der Waals surface area contributed by atoms with Gasteiger partial charge in [0.25, 0.3) is 0 Å². The van der Waals surface area contributed by atoms with Gasteiger partial charge in [0.2, 0.25) is 0 Å². The minimum Gasteiger partial charge on any atom is -0.351 e. The Bertz CT molecular complexity index is 5970. The van der Waals surface area contributed by atoms with E-state index in [2.05, 4.69) is 346 Å². The number of aromatic nitrogens is 9. The molecule has 0 amide bonds. The topological polar surface area (TPSA) is 156 Å². The van der Waals surface area contributed by atoms with Crippen molar-refractivity contribution < 1.29 is 0 Å². The molecule has 5 aromatic heterocycles. The highest BCUT2D eigenvalue weighted by Gasteiger charge is 2.46. The molecule has 0 spiro atoms. The third kappa shape index (κ3) is 12.8. The van der Waals surface area contributed by atoms with Gasteiger partial charge in [0.1, 0.15) is 45.2 Å². The van der Waals surface area contributed by atoms with Gasteiger partial charge in [-0.2, -0.15) is 0 Å². The summed E-state index contributed by atoms with van der Waals surface area (Å²) in [7, 11) is 0. The van der Waals surface area contributed by atoms with Crippen molar-refractivity contribution in [3.05, 3.63) is 281 Å². The van der Waals surface area contributed by atoms with E-state index in [1.54, 1.807) is 0 Å². The Morgan fingerprint density at radius 1 is 0.250 bits per heavy atom. The molecule has 112 heavy (non-hydrogen) atoms. The average Bonchev–Trinajstić information content (AvgIpc) is 1.54. The van der Waals surface area contributed by atoms with Crippen molar-refractivity contribution >= 4 is 100 Å². The van der Waals surface area contributed by atoms with Gasteiger partial charge in [-0.1, -0.05) is 287 Å². The molecule has 0 saturated heterocycles. The van der Waals surface area contributed by atoms with Crippen LogP contribution in [0.15, 0.2) is 180 Å². The van der Waals surface area contributed by atoms with Crippen LogP contribution in [-0.2, 0) is 43.3 Å². The van der Waals surface area contributed by atoms with E-state index in [4.69, 9.17) is 49.9 Å². The Morgan fingerprint density at radius 2 is 0.473 bits per heavy atom. The van der Waals surface area contributed by atoms with Crippen LogP contribution in [-0.4, -0.2) is 56.3 Å². The van der Waals surface area contributed by atoms with Crippen LogP contribution in [0.2, 0.25) is 0 Å². The summed E-state index contributed by atoms with van der Waals surface area (Å²) in [6.45, 7) is 55.5. The Morgan fingerprint density at radius 3 is 0.723 bits per heavy atom. The summed E-state index contributed by atoms with van der Waals surface area (Å²) in [4.78, 5) is 65.0. The summed E-state index contributed by atoms with van der Waals surface area (Å²) in [5.41, 5.74) is 28.1. The molecular formula is C100H104N12. The van der Waals surface area contributed by atoms with Gasteiger partial charge >= 0.3 is 0 Å². The highest BCUT2D eigenvalue weighted by atomic mass is 15.1. The summed E-state index contributed by atoms with van der Waals surface area (Å²) in [6.07, 6.45) is 0. The molecule has 8 heterocycles. The zero-order chi connectivity index (χ0) is 79.4. The number of hydrogen-bond acceptors (Lipinski definition) is 11. The SMILES string of the molecule is CC(C)(C)c1cc(/C2=C3N=C(/C(c4cc(C(C)(C)C)cc(C(C)(C)C)c4)=c4\[nH]/c(c5nc6ccccc6nc45)=C(/c4cc(C(C)(C)C)cc(C(C)(C)C)c4)C4=N/C(=C(/c5cc(C(C)(C)C)cc(C(C)(C)C)c5)C5NC2c2nc6ccccc6nc25)c2nc5ccccc5nc24)c2nc4ccccc4nc2/3)cc(C(C)(C)C)c1. The van der Waals surface area contributed by atoms with Crippen molar-refractivity contribution in [1.29, 1.82) is 0 Å². The van der Waals surface area contributed by atoms with E-state index in [0.717, 1.165) is 100 Å². The second-order valence-corrected chi connectivity index (χ2v) is 40.0. The van der Waals surface area contributed by atoms with Crippen LogP contribution in [0.1, 0.15) is 279 Å². The first-order valence-corrected chi connectivity index (χ1v) is 39.9. The summed E-state index contributed by atoms with van der Waals surface area (Å²) in [5.74, 6) is 0. The molecule has 8 bridgehead atoms. The van der Waals surface area contributed by atoms with E-state index in [1.165, 1.54) is 44.5 Å². The number of fused-ring (bicyclic) bond motifs is 4. The standard InChI is InChI=1S/C100H104N12/c1-93(2,3)57-41-53(42-58(49-57)94(4,5)6)73-77-85-87(103-67-35-27-25-33-65(67)101-85)79(109-77)74(54-43-59(95(7,8)9)50-60(44-54)96(10,11)12)81-89-91(107-71-39-31-29-37-69(71)105-89)83(111-81)76(56-47-63(99(19,20)21)52-64(48-56)100(22,23)24)84-92-90(106-70-38-30-32-40-72(70)108-92)82(112-84)75(55-45-61(97(13,14)15)51-62(46-55)98(16,17)18)80-88-86(78(73)110-80)102-66-34-26-28-36-68(66)104-88/h25-52,77,79,109,112H,1-24H3/b78-73-,81-74-,82-75-,84-76-. The second-order valence-electron chi connectivity index (χ2n) is 40.0. The summed E-state index contributed by atoms with van der Waals surface area (Å²) >= 11 is 0. The first-order chi connectivity index (χ1) is 52.5. The summed E-state index contributed by atoms with van der Waals surface area (Å²) < 4.78 is 0. The Balaban J connectivity index is 1.21. The molecule has 12 heteroatoms. The van der Waals surface area contributed by atoms with E-state index in [-0.39, 0.29) is 43.3 Å².